The van der Waals surface area contributed by atoms with Crippen molar-refractivity contribution >= 4 is 0 Å². The molecule has 2 atom stereocenters. The smallest absolute Gasteiger partial charge is 0.0593 e. The summed E-state index contributed by atoms with van der Waals surface area (Å²) in [6, 6.07) is 0. The van der Waals surface area contributed by atoms with E-state index in [1.165, 1.54) is 32.2 Å². The molecule has 3 nitrogen and oxygen atoms in total. The third-order valence-electron chi connectivity index (χ3n) is 5.21. The van der Waals surface area contributed by atoms with Crippen molar-refractivity contribution in [3.05, 3.63) is 0 Å². The number of rotatable bonds is 9. The lowest BCUT2D eigenvalue weighted by molar-refractivity contribution is -0.0763. The Hall–Kier alpha value is -0.120. The average molecular weight is 284 g/mol. The molecule has 3 heteroatoms. The van der Waals surface area contributed by atoms with Crippen molar-refractivity contribution in [2.24, 2.45) is 11.7 Å². The maximum atomic E-state index is 6.23. The molecule has 0 bridgehead atoms. The Labute approximate surface area is 126 Å². The van der Waals surface area contributed by atoms with Gasteiger partial charge in [0.2, 0.25) is 0 Å². The van der Waals surface area contributed by atoms with E-state index in [-0.39, 0.29) is 5.54 Å². The quantitative estimate of drug-likeness (QED) is 0.705. The van der Waals surface area contributed by atoms with Crippen molar-refractivity contribution < 1.29 is 4.74 Å². The molecule has 0 aromatic rings. The van der Waals surface area contributed by atoms with Crippen LogP contribution in [-0.2, 0) is 4.74 Å². The minimum Gasteiger partial charge on any atom is -0.378 e. The standard InChI is InChI=1S/C17H36N2O/c1-5-9-16-12-17(14-18,10-11-20-16)19(8-4)13-15(6-2)7-3/h15-16H,5-14,18H2,1-4H3. The van der Waals surface area contributed by atoms with Crippen LogP contribution in [-0.4, -0.2) is 42.8 Å². The fourth-order valence-corrected chi connectivity index (χ4v) is 3.63. The monoisotopic (exact) mass is 284 g/mol. The first-order valence-corrected chi connectivity index (χ1v) is 8.72. The Morgan fingerprint density at radius 1 is 1.25 bits per heavy atom. The molecule has 120 valence electrons. The molecular formula is C17H36N2O. The van der Waals surface area contributed by atoms with Crippen molar-refractivity contribution in [1.29, 1.82) is 0 Å². The Morgan fingerprint density at radius 2 is 1.95 bits per heavy atom. The van der Waals surface area contributed by atoms with E-state index in [0.717, 1.165) is 38.5 Å². The van der Waals surface area contributed by atoms with Crippen LogP contribution in [0, 0.1) is 5.92 Å². The fraction of sp³-hybridized carbons (Fsp3) is 1.00. The molecule has 0 aromatic carbocycles. The lowest BCUT2D eigenvalue weighted by Gasteiger charge is -2.49. The molecule has 1 aliphatic rings. The van der Waals surface area contributed by atoms with Gasteiger partial charge in [0.25, 0.3) is 0 Å². The highest BCUT2D eigenvalue weighted by atomic mass is 16.5. The SMILES string of the molecule is CCCC1CC(CN)(N(CC)CC(CC)CC)CCO1. The third-order valence-corrected chi connectivity index (χ3v) is 5.21. The summed E-state index contributed by atoms with van der Waals surface area (Å²) in [6.45, 7) is 13.1. The highest BCUT2D eigenvalue weighted by Crippen LogP contribution is 2.33. The molecule has 1 fully saturated rings. The maximum Gasteiger partial charge on any atom is 0.0593 e. The van der Waals surface area contributed by atoms with E-state index in [1.807, 2.05) is 0 Å². The predicted molar refractivity (Wildman–Crippen MR) is 87.0 cm³/mol. The van der Waals surface area contributed by atoms with Crippen LogP contribution in [0.25, 0.3) is 0 Å². The molecule has 1 heterocycles. The van der Waals surface area contributed by atoms with Gasteiger partial charge in [-0.25, -0.2) is 0 Å². The number of ether oxygens (including phenoxy) is 1. The average Bonchev–Trinajstić information content (AvgIpc) is 2.49. The van der Waals surface area contributed by atoms with E-state index in [2.05, 4.69) is 32.6 Å². The van der Waals surface area contributed by atoms with Crippen molar-refractivity contribution in [1.82, 2.24) is 4.90 Å². The summed E-state index contributed by atoms with van der Waals surface area (Å²) in [5.41, 5.74) is 6.41. The van der Waals surface area contributed by atoms with Gasteiger partial charge in [-0.15, -0.1) is 0 Å². The topological polar surface area (TPSA) is 38.5 Å². The second kappa shape index (κ2) is 9.01. The molecular weight excluding hydrogens is 248 g/mol. The Bertz CT molecular complexity index is 253. The van der Waals surface area contributed by atoms with Crippen LogP contribution in [0.4, 0.5) is 0 Å². The van der Waals surface area contributed by atoms with Crippen LogP contribution in [0.2, 0.25) is 0 Å². The van der Waals surface area contributed by atoms with Crippen LogP contribution in [0.1, 0.15) is 66.2 Å². The molecule has 0 aliphatic carbocycles. The zero-order valence-corrected chi connectivity index (χ0v) is 14.2. The van der Waals surface area contributed by atoms with Gasteiger partial charge in [0.1, 0.15) is 0 Å². The van der Waals surface area contributed by atoms with E-state index >= 15 is 0 Å². The summed E-state index contributed by atoms with van der Waals surface area (Å²) >= 11 is 0. The molecule has 2 unspecified atom stereocenters. The van der Waals surface area contributed by atoms with E-state index in [0.29, 0.717) is 6.10 Å². The van der Waals surface area contributed by atoms with Gasteiger partial charge < -0.3 is 10.5 Å². The largest absolute Gasteiger partial charge is 0.378 e. The molecule has 0 saturated carbocycles. The lowest BCUT2D eigenvalue weighted by atomic mass is 9.82. The molecule has 0 radical (unpaired) electrons. The molecule has 1 aliphatic heterocycles. The molecule has 0 amide bonds. The molecule has 2 N–H and O–H groups in total. The number of nitrogens with two attached hydrogens (primary N) is 1. The lowest BCUT2D eigenvalue weighted by Crippen LogP contribution is -2.59. The van der Waals surface area contributed by atoms with Gasteiger partial charge in [-0.2, -0.15) is 0 Å². The van der Waals surface area contributed by atoms with E-state index in [4.69, 9.17) is 10.5 Å². The van der Waals surface area contributed by atoms with E-state index in [1.54, 1.807) is 0 Å². The number of nitrogens with zero attached hydrogens (tertiary/aromatic N) is 1. The van der Waals surface area contributed by atoms with Crippen LogP contribution < -0.4 is 5.73 Å². The first-order valence-electron chi connectivity index (χ1n) is 8.72. The Morgan fingerprint density at radius 3 is 2.45 bits per heavy atom. The summed E-state index contributed by atoms with van der Waals surface area (Å²) in [6.07, 6.45) is 7.52. The summed E-state index contributed by atoms with van der Waals surface area (Å²) in [4.78, 5) is 2.66. The minimum atomic E-state index is 0.176. The molecule has 0 aromatic heterocycles. The highest BCUT2D eigenvalue weighted by molar-refractivity contribution is 4.96. The van der Waals surface area contributed by atoms with Gasteiger partial charge >= 0.3 is 0 Å². The number of hydrogen-bond donors (Lipinski definition) is 1. The van der Waals surface area contributed by atoms with Crippen molar-refractivity contribution in [3.8, 4) is 0 Å². The van der Waals surface area contributed by atoms with E-state index in [9.17, 15) is 0 Å². The fourth-order valence-electron chi connectivity index (χ4n) is 3.63. The second-order valence-electron chi connectivity index (χ2n) is 6.39. The molecule has 1 saturated heterocycles. The number of likely N-dealkylation sites (N-methyl/N-ethyl adjacent to an activating group) is 1. The maximum absolute atomic E-state index is 6.23. The van der Waals surface area contributed by atoms with Gasteiger partial charge in [0.15, 0.2) is 0 Å². The molecule has 20 heavy (non-hydrogen) atoms. The highest BCUT2D eigenvalue weighted by Gasteiger charge is 2.40. The normalized spacial score (nSPS) is 27.4. The minimum absolute atomic E-state index is 0.176. The van der Waals surface area contributed by atoms with Crippen molar-refractivity contribution in [2.45, 2.75) is 77.9 Å². The van der Waals surface area contributed by atoms with Gasteiger partial charge in [-0.1, -0.05) is 47.0 Å². The van der Waals surface area contributed by atoms with Crippen LogP contribution >= 0.6 is 0 Å². The third kappa shape index (κ3) is 4.44. The Kier molecular flexibility index (Phi) is 8.08. The van der Waals surface area contributed by atoms with Crippen LogP contribution in [0.5, 0.6) is 0 Å². The van der Waals surface area contributed by atoms with Gasteiger partial charge in [0.05, 0.1) is 6.10 Å². The van der Waals surface area contributed by atoms with Crippen LogP contribution in [0.3, 0.4) is 0 Å². The van der Waals surface area contributed by atoms with Crippen molar-refractivity contribution in [2.75, 3.05) is 26.2 Å². The summed E-state index contributed by atoms with van der Waals surface area (Å²) in [7, 11) is 0. The second-order valence-corrected chi connectivity index (χ2v) is 6.39. The molecule has 1 rings (SSSR count). The molecule has 0 spiro atoms. The van der Waals surface area contributed by atoms with Gasteiger partial charge in [-0.05, 0) is 31.7 Å². The van der Waals surface area contributed by atoms with Gasteiger partial charge in [-0.3, -0.25) is 4.90 Å². The van der Waals surface area contributed by atoms with Crippen molar-refractivity contribution in [3.63, 3.8) is 0 Å². The zero-order valence-electron chi connectivity index (χ0n) is 14.2. The summed E-state index contributed by atoms with van der Waals surface area (Å²) in [5.74, 6) is 0.797. The first-order chi connectivity index (χ1) is 9.65. The Balaban J connectivity index is 2.77. The zero-order chi connectivity index (χ0) is 15.0. The first kappa shape index (κ1) is 17.9. The van der Waals surface area contributed by atoms with Crippen LogP contribution in [0.15, 0.2) is 0 Å². The summed E-state index contributed by atoms with van der Waals surface area (Å²) < 4.78 is 5.95. The van der Waals surface area contributed by atoms with E-state index < -0.39 is 0 Å². The number of hydrogen-bond acceptors (Lipinski definition) is 3. The van der Waals surface area contributed by atoms with Gasteiger partial charge in [0, 0.05) is 25.2 Å². The predicted octanol–water partition coefficient (Wildman–Crippen LogP) is 3.42. The summed E-state index contributed by atoms with van der Waals surface area (Å²) in [5, 5.41) is 0.